The number of fused-ring (bicyclic) bond motifs is 1. The molecule has 3 aromatic rings. The monoisotopic (exact) mass is 436 g/mol. The molecule has 1 N–H and O–H groups in total. The number of anilines is 1. The molecule has 0 atom stereocenters. The van der Waals surface area contributed by atoms with Gasteiger partial charge in [0, 0.05) is 30.9 Å². The van der Waals surface area contributed by atoms with Gasteiger partial charge in [0.15, 0.2) is 17.3 Å². The van der Waals surface area contributed by atoms with Crippen molar-refractivity contribution in [1.29, 1.82) is 0 Å². The van der Waals surface area contributed by atoms with Crippen LogP contribution >= 0.6 is 0 Å². The Balaban J connectivity index is 1.64. The molecule has 0 spiro atoms. The first-order chi connectivity index (χ1) is 14.3. The maximum absolute atomic E-state index is 14.4. The summed E-state index contributed by atoms with van der Waals surface area (Å²) < 4.78 is 66.0. The molecule has 1 saturated heterocycles. The van der Waals surface area contributed by atoms with E-state index in [1.165, 1.54) is 12.1 Å². The van der Waals surface area contributed by atoms with Gasteiger partial charge in [-0.3, -0.25) is 4.79 Å². The third-order valence-corrected chi connectivity index (χ3v) is 6.11. The molecule has 1 fully saturated rings. The van der Waals surface area contributed by atoms with Crippen LogP contribution in [-0.2, 0) is 10.0 Å². The van der Waals surface area contributed by atoms with Gasteiger partial charge in [-0.2, -0.15) is 0 Å². The SMILES string of the molecule is CCOc1c(F)cccc1S(=O)(=O)NC(=O)c1cc2c(F)cc(N3CCC3)cc2o1. The normalized spacial score (nSPS) is 13.9. The number of amides is 1. The van der Waals surface area contributed by atoms with Crippen molar-refractivity contribution in [2.45, 2.75) is 18.2 Å². The number of hydrogen-bond acceptors (Lipinski definition) is 6. The van der Waals surface area contributed by atoms with Crippen LogP contribution in [-0.4, -0.2) is 34.0 Å². The Hall–Kier alpha value is -3.14. The highest BCUT2D eigenvalue weighted by molar-refractivity contribution is 7.90. The molecule has 1 aliphatic rings. The summed E-state index contributed by atoms with van der Waals surface area (Å²) >= 11 is 0. The van der Waals surface area contributed by atoms with E-state index in [0.717, 1.165) is 37.7 Å². The van der Waals surface area contributed by atoms with Gasteiger partial charge in [-0.1, -0.05) is 6.07 Å². The van der Waals surface area contributed by atoms with Crippen molar-refractivity contribution in [3.05, 3.63) is 53.8 Å². The second-order valence-electron chi connectivity index (χ2n) is 6.73. The average molecular weight is 436 g/mol. The summed E-state index contributed by atoms with van der Waals surface area (Å²) in [5.41, 5.74) is 0.751. The van der Waals surface area contributed by atoms with Crippen molar-refractivity contribution in [3.8, 4) is 5.75 Å². The minimum absolute atomic E-state index is 0.0274. The van der Waals surface area contributed by atoms with Gasteiger partial charge in [0.25, 0.3) is 10.0 Å². The first kappa shape index (κ1) is 20.1. The fourth-order valence-electron chi connectivity index (χ4n) is 3.16. The Kier molecular flexibility index (Phi) is 5.10. The molecule has 0 radical (unpaired) electrons. The van der Waals surface area contributed by atoms with E-state index in [4.69, 9.17) is 9.15 Å². The molecule has 0 bridgehead atoms. The highest BCUT2D eigenvalue weighted by Crippen LogP contribution is 2.31. The Bertz CT molecular complexity index is 1240. The number of rotatable bonds is 6. The number of carbonyl (C=O) groups excluding carboxylic acids is 1. The van der Waals surface area contributed by atoms with Gasteiger partial charge >= 0.3 is 5.91 Å². The predicted molar refractivity (Wildman–Crippen MR) is 105 cm³/mol. The van der Waals surface area contributed by atoms with Crippen molar-refractivity contribution in [2.75, 3.05) is 24.6 Å². The molecule has 2 aromatic carbocycles. The van der Waals surface area contributed by atoms with Crippen LogP contribution in [0.1, 0.15) is 23.9 Å². The lowest BCUT2D eigenvalue weighted by atomic mass is 10.1. The van der Waals surface area contributed by atoms with Crippen LogP contribution < -0.4 is 14.4 Å². The summed E-state index contributed by atoms with van der Waals surface area (Å²) in [6, 6.07) is 7.42. The van der Waals surface area contributed by atoms with Crippen LogP contribution in [0.3, 0.4) is 0 Å². The highest BCUT2D eigenvalue weighted by Gasteiger charge is 2.27. The molecule has 30 heavy (non-hydrogen) atoms. The third-order valence-electron chi connectivity index (χ3n) is 4.75. The van der Waals surface area contributed by atoms with Crippen molar-refractivity contribution in [1.82, 2.24) is 4.72 Å². The molecular formula is C20H18F2N2O5S. The summed E-state index contributed by atoms with van der Waals surface area (Å²) in [4.78, 5) is 13.9. The van der Waals surface area contributed by atoms with E-state index >= 15 is 0 Å². The Morgan fingerprint density at radius 1 is 1.20 bits per heavy atom. The third kappa shape index (κ3) is 3.58. The molecular weight excluding hydrogens is 418 g/mol. The van der Waals surface area contributed by atoms with E-state index < -0.39 is 38.2 Å². The number of carbonyl (C=O) groups is 1. The summed E-state index contributed by atoms with van der Waals surface area (Å²) in [6.07, 6.45) is 1.01. The first-order valence-corrected chi connectivity index (χ1v) is 10.7. The van der Waals surface area contributed by atoms with Crippen LogP contribution in [0, 0.1) is 11.6 Å². The van der Waals surface area contributed by atoms with Gasteiger partial charge in [0.2, 0.25) is 0 Å². The zero-order valence-corrected chi connectivity index (χ0v) is 16.8. The molecule has 1 amide bonds. The lowest BCUT2D eigenvalue weighted by Crippen LogP contribution is -2.36. The number of halogens is 2. The number of nitrogens with zero attached hydrogens (tertiary/aromatic N) is 1. The summed E-state index contributed by atoms with van der Waals surface area (Å²) in [5, 5.41) is 0.0579. The van der Waals surface area contributed by atoms with Crippen LogP contribution in [0.25, 0.3) is 11.0 Å². The molecule has 1 aromatic heterocycles. The van der Waals surface area contributed by atoms with Crippen molar-refractivity contribution >= 4 is 32.6 Å². The van der Waals surface area contributed by atoms with Gasteiger partial charge in [-0.25, -0.2) is 21.9 Å². The lowest BCUT2D eigenvalue weighted by Gasteiger charge is -2.33. The second kappa shape index (κ2) is 7.60. The Labute approximate surface area is 171 Å². The zero-order chi connectivity index (χ0) is 21.5. The van der Waals surface area contributed by atoms with Crippen molar-refractivity contribution in [2.24, 2.45) is 0 Å². The quantitative estimate of drug-likeness (QED) is 0.637. The highest BCUT2D eigenvalue weighted by atomic mass is 32.2. The molecule has 1 aliphatic heterocycles. The predicted octanol–water partition coefficient (Wildman–Crippen LogP) is 3.44. The van der Waals surface area contributed by atoms with Crippen molar-refractivity contribution < 1.29 is 31.1 Å². The molecule has 0 aliphatic carbocycles. The number of para-hydroxylation sites is 1. The number of ether oxygens (including phenoxy) is 1. The topological polar surface area (TPSA) is 88.8 Å². The molecule has 7 nitrogen and oxygen atoms in total. The van der Waals surface area contributed by atoms with Crippen molar-refractivity contribution in [3.63, 3.8) is 0 Å². The smallest absolute Gasteiger partial charge is 0.300 e. The summed E-state index contributed by atoms with van der Waals surface area (Å²) in [6.45, 7) is 3.19. The van der Waals surface area contributed by atoms with Gasteiger partial charge in [0.1, 0.15) is 16.3 Å². The number of nitrogens with one attached hydrogen (secondary N) is 1. The maximum atomic E-state index is 14.4. The zero-order valence-electron chi connectivity index (χ0n) is 15.9. The number of hydrogen-bond donors (Lipinski definition) is 1. The fourth-order valence-corrected chi connectivity index (χ4v) is 4.28. The Morgan fingerprint density at radius 3 is 2.63 bits per heavy atom. The van der Waals surface area contributed by atoms with Crippen LogP contribution in [0.5, 0.6) is 5.75 Å². The van der Waals surface area contributed by atoms with E-state index in [-0.39, 0.29) is 23.3 Å². The molecule has 4 rings (SSSR count). The van der Waals surface area contributed by atoms with Gasteiger partial charge < -0.3 is 14.1 Å². The average Bonchev–Trinajstić information content (AvgIpc) is 3.07. The van der Waals surface area contributed by atoms with Gasteiger partial charge in [-0.15, -0.1) is 0 Å². The Morgan fingerprint density at radius 2 is 1.97 bits per heavy atom. The fraction of sp³-hybridized carbons (Fsp3) is 0.250. The first-order valence-electron chi connectivity index (χ1n) is 9.26. The second-order valence-corrected chi connectivity index (χ2v) is 8.38. The van der Waals surface area contributed by atoms with E-state index in [0.29, 0.717) is 5.69 Å². The molecule has 2 heterocycles. The molecule has 0 saturated carbocycles. The molecule has 10 heteroatoms. The van der Waals surface area contributed by atoms with Gasteiger partial charge in [-0.05, 0) is 31.5 Å². The van der Waals surface area contributed by atoms with Crippen LogP contribution in [0.15, 0.2) is 45.7 Å². The standard InChI is InChI=1S/C20H18F2N2O5S/c1-2-28-19-14(21)5-3-6-18(19)30(26,27)23-20(25)17-11-13-15(22)9-12(10-16(13)29-17)24-7-4-8-24/h3,5-6,9-11H,2,4,7-8H2,1H3,(H,23,25). The largest absolute Gasteiger partial charge is 0.489 e. The number of benzene rings is 2. The number of furan rings is 1. The van der Waals surface area contributed by atoms with Gasteiger partial charge in [0.05, 0.1) is 12.0 Å². The minimum Gasteiger partial charge on any atom is -0.489 e. The molecule has 0 unspecified atom stereocenters. The minimum atomic E-state index is -4.47. The van der Waals surface area contributed by atoms with E-state index in [1.54, 1.807) is 13.0 Å². The molecule has 158 valence electrons. The van der Waals surface area contributed by atoms with E-state index in [1.807, 2.05) is 9.62 Å². The van der Waals surface area contributed by atoms with E-state index in [9.17, 15) is 22.0 Å². The maximum Gasteiger partial charge on any atom is 0.300 e. The van der Waals surface area contributed by atoms with E-state index in [2.05, 4.69) is 0 Å². The summed E-state index contributed by atoms with van der Waals surface area (Å²) in [5.74, 6) is -3.44. The lowest BCUT2D eigenvalue weighted by molar-refractivity contribution is 0.0956. The number of sulfonamides is 1. The van der Waals surface area contributed by atoms with Crippen LogP contribution in [0.2, 0.25) is 0 Å². The summed E-state index contributed by atoms with van der Waals surface area (Å²) in [7, 11) is -4.47. The van der Waals surface area contributed by atoms with Crippen LogP contribution in [0.4, 0.5) is 14.5 Å².